The van der Waals surface area contributed by atoms with Gasteiger partial charge in [-0.05, 0) is 18.2 Å². The van der Waals surface area contributed by atoms with Crippen molar-refractivity contribution < 1.29 is 24.5 Å². The van der Waals surface area contributed by atoms with Crippen LogP contribution in [0.25, 0.3) is 0 Å². The number of phenols is 1. The van der Waals surface area contributed by atoms with Crippen molar-refractivity contribution in [1.82, 2.24) is 0 Å². The van der Waals surface area contributed by atoms with Crippen LogP contribution >= 0.6 is 0 Å². The Morgan fingerprint density at radius 1 is 1.14 bits per heavy atom. The molecule has 0 radical (unpaired) electrons. The lowest BCUT2D eigenvalue weighted by molar-refractivity contribution is -0.180. The summed E-state index contributed by atoms with van der Waals surface area (Å²) in [7, 11) is 0. The third-order valence-electron chi connectivity index (χ3n) is 3.16. The Labute approximate surface area is 119 Å². The lowest BCUT2D eigenvalue weighted by atomic mass is 10.0. The van der Waals surface area contributed by atoms with E-state index in [2.05, 4.69) is 5.32 Å². The van der Waals surface area contributed by atoms with Gasteiger partial charge in [-0.2, -0.15) is 0 Å². The van der Waals surface area contributed by atoms with E-state index in [1.54, 1.807) is 12.1 Å². The number of fused-ring (bicyclic) bond motifs is 1. The molecule has 0 aliphatic carbocycles. The zero-order chi connectivity index (χ0) is 15.0. The number of nitrogens with one attached hydrogen (secondary N) is 1. The molecular weight excluding hydrogens is 274 g/mol. The van der Waals surface area contributed by atoms with Gasteiger partial charge in [0.15, 0.2) is 0 Å². The fourth-order valence-corrected chi connectivity index (χ4v) is 2.17. The second-order valence-electron chi connectivity index (χ2n) is 4.58. The molecule has 2 aromatic rings. The quantitative estimate of drug-likeness (QED) is 0.724. The molecule has 1 atom stereocenters. The number of carbonyl (C=O) groups excluding carboxylic acids is 2. The first-order valence-electron chi connectivity index (χ1n) is 6.16. The number of esters is 1. The Bertz CT molecular complexity index is 742. The van der Waals surface area contributed by atoms with Crippen molar-refractivity contribution in [3.63, 3.8) is 0 Å². The van der Waals surface area contributed by atoms with Crippen LogP contribution in [-0.2, 0) is 15.3 Å². The van der Waals surface area contributed by atoms with E-state index in [9.17, 15) is 19.8 Å². The van der Waals surface area contributed by atoms with Gasteiger partial charge < -0.3 is 20.3 Å². The summed E-state index contributed by atoms with van der Waals surface area (Å²) in [6, 6.07) is 11.9. The first-order valence-corrected chi connectivity index (χ1v) is 6.16. The average Bonchev–Trinajstić information content (AvgIpc) is 2.73. The van der Waals surface area contributed by atoms with E-state index in [1.807, 2.05) is 0 Å². The fraction of sp³-hybridized carbons (Fsp3) is 0.0667. The summed E-state index contributed by atoms with van der Waals surface area (Å²) in [5.41, 5.74) is 0.507. The van der Waals surface area contributed by atoms with Crippen LogP contribution in [0.3, 0.4) is 0 Å². The number of aliphatic hydroxyl groups is 1. The highest BCUT2D eigenvalue weighted by atomic mass is 16.7. The predicted octanol–water partition coefficient (Wildman–Crippen LogP) is 1.35. The van der Waals surface area contributed by atoms with Crippen LogP contribution < -0.4 is 5.32 Å². The van der Waals surface area contributed by atoms with Crippen LogP contribution in [0.4, 0.5) is 5.69 Å². The Hall–Kier alpha value is -2.86. The number of aromatic hydroxyl groups is 1. The van der Waals surface area contributed by atoms with Gasteiger partial charge in [-0.15, -0.1) is 0 Å². The lowest BCUT2D eigenvalue weighted by Gasteiger charge is -2.21. The number of phenolic OH excluding ortho intramolecular Hbond substituents is 1. The minimum absolute atomic E-state index is 0.0383. The van der Waals surface area contributed by atoms with Crippen LogP contribution in [-0.4, -0.2) is 22.1 Å². The van der Waals surface area contributed by atoms with E-state index in [0.29, 0.717) is 0 Å². The molecule has 0 saturated heterocycles. The summed E-state index contributed by atoms with van der Waals surface area (Å²) in [4.78, 5) is 23.9. The molecule has 0 aromatic heterocycles. The topological polar surface area (TPSA) is 95.9 Å². The molecule has 0 saturated carbocycles. The number of anilines is 1. The van der Waals surface area contributed by atoms with Crippen molar-refractivity contribution in [3.05, 3.63) is 59.7 Å². The first kappa shape index (κ1) is 13.1. The van der Waals surface area contributed by atoms with Crippen molar-refractivity contribution in [2.45, 2.75) is 5.79 Å². The zero-order valence-corrected chi connectivity index (χ0v) is 10.7. The molecule has 1 aliphatic heterocycles. The van der Waals surface area contributed by atoms with Crippen molar-refractivity contribution >= 4 is 17.6 Å². The van der Waals surface area contributed by atoms with E-state index in [0.717, 1.165) is 0 Å². The number of hydrogen-bond acceptors (Lipinski definition) is 5. The Balaban J connectivity index is 1.93. The summed E-state index contributed by atoms with van der Waals surface area (Å²) in [6.45, 7) is 0. The lowest BCUT2D eigenvalue weighted by Crippen LogP contribution is -2.40. The van der Waals surface area contributed by atoms with Gasteiger partial charge in [0.05, 0.1) is 5.56 Å². The minimum atomic E-state index is -2.38. The van der Waals surface area contributed by atoms with Gasteiger partial charge in [0.1, 0.15) is 5.75 Å². The maximum Gasteiger partial charge on any atom is 0.341 e. The van der Waals surface area contributed by atoms with Gasteiger partial charge >= 0.3 is 17.7 Å². The number of amides is 1. The van der Waals surface area contributed by atoms with E-state index in [1.165, 1.54) is 36.4 Å². The Morgan fingerprint density at radius 2 is 1.90 bits per heavy atom. The summed E-state index contributed by atoms with van der Waals surface area (Å²) < 4.78 is 4.83. The maximum atomic E-state index is 12.2. The average molecular weight is 285 g/mol. The van der Waals surface area contributed by atoms with Crippen molar-refractivity contribution in [3.8, 4) is 5.75 Å². The molecule has 1 unspecified atom stereocenters. The first-order chi connectivity index (χ1) is 10.0. The van der Waals surface area contributed by atoms with Crippen LogP contribution in [0.5, 0.6) is 5.75 Å². The molecule has 1 aliphatic rings. The number of cyclic esters (lactones) is 1. The molecule has 6 heteroatoms. The number of carbonyl (C=O) groups is 2. The SMILES string of the molecule is O=C1OC(O)(C(=O)Nc2cccc(O)c2)c2ccccc21. The third-order valence-corrected chi connectivity index (χ3v) is 3.16. The zero-order valence-electron chi connectivity index (χ0n) is 10.7. The molecule has 21 heavy (non-hydrogen) atoms. The van der Waals surface area contributed by atoms with E-state index < -0.39 is 17.7 Å². The van der Waals surface area contributed by atoms with Gasteiger partial charge in [0.2, 0.25) is 0 Å². The van der Waals surface area contributed by atoms with Crippen LogP contribution in [0.15, 0.2) is 48.5 Å². The summed E-state index contributed by atoms with van der Waals surface area (Å²) in [5, 5.41) is 22.2. The van der Waals surface area contributed by atoms with Gasteiger partial charge in [0.25, 0.3) is 0 Å². The maximum absolute atomic E-state index is 12.2. The van der Waals surface area contributed by atoms with Crippen LogP contribution in [0, 0.1) is 0 Å². The number of benzene rings is 2. The highest BCUT2D eigenvalue weighted by molar-refractivity contribution is 6.05. The van der Waals surface area contributed by atoms with Crippen LogP contribution in [0.2, 0.25) is 0 Å². The summed E-state index contributed by atoms with van der Waals surface area (Å²) >= 11 is 0. The van der Waals surface area contributed by atoms with Gasteiger partial charge in [0, 0.05) is 17.3 Å². The molecule has 0 bridgehead atoms. The van der Waals surface area contributed by atoms with Crippen molar-refractivity contribution in [2.24, 2.45) is 0 Å². The van der Waals surface area contributed by atoms with Gasteiger partial charge in [-0.1, -0.05) is 24.3 Å². The summed E-state index contributed by atoms with van der Waals surface area (Å²) in [5.74, 6) is -4.09. The van der Waals surface area contributed by atoms with E-state index >= 15 is 0 Å². The highest BCUT2D eigenvalue weighted by Crippen LogP contribution is 2.35. The smallest absolute Gasteiger partial charge is 0.341 e. The molecule has 6 nitrogen and oxygen atoms in total. The standard InChI is InChI=1S/C15H11NO5/c17-10-5-3-4-9(8-10)16-14(19)15(20)12-7-2-1-6-11(12)13(18)21-15/h1-8,17,20H,(H,16,19). The number of rotatable bonds is 2. The highest BCUT2D eigenvalue weighted by Gasteiger charge is 2.50. The molecule has 0 fully saturated rings. The largest absolute Gasteiger partial charge is 0.508 e. The monoisotopic (exact) mass is 285 g/mol. The number of hydrogen-bond donors (Lipinski definition) is 3. The van der Waals surface area contributed by atoms with E-state index in [4.69, 9.17) is 4.74 Å². The molecule has 1 heterocycles. The van der Waals surface area contributed by atoms with Gasteiger partial charge in [-0.25, -0.2) is 4.79 Å². The fourth-order valence-electron chi connectivity index (χ4n) is 2.17. The second-order valence-corrected chi connectivity index (χ2v) is 4.58. The molecule has 0 spiro atoms. The Kier molecular flexibility index (Phi) is 2.88. The van der Waals surface area contributed by atoms with Crippen molar-refractivity contribution in [2.75, 3.05) is 5.32 Å². The molecular formula is C15H11NO5. The van der Waals surface area contributed by atoms with Gasteiger partial charge in [-0.3, -0.25) is 4.79 Å². The molecule has 3 N–H and O–H groups in total. The van der Waals surface area contributed by atoms with Crippen molar-refractivity contribution in [1.29, 1.82) is 0 Å². The normalized spacial score (nSPS) is 19.8. The molecule has 106 valence electrons. The summed E-state index contributed by atoms with van der Waals surface area (Å²) in [6.07, 6.45) is 0. The minimum Gasteiger partial charge on any atom is -0.508 e. The molecule has 1 amide bonds. The predicted molar refractivity (Wildman–Crippen MR) is 72.5 cm³/mol. The van der Waals surface area contributed by atoms with Crippen LogP contribution in [0.1, 0.15) is 15.9 Å². The Morgan fingerprint density at radius 3 is 2.67 bits per heavy atom. The molecule has 3 rings (SSSR count). The molecule has 2 aromatic carbocycles. The third kappa shape index (κ3) is 2.11. The number of ether oxygens (including phenoxy) is 1. The van der Waals surface area contributed by atoms with E-state index in [-0.39, 0.29) is 22.6 Å². The second kappa shape index (κ2) is 4.60.